The number of hydrogen-bond acceptors (Lipinski definition) is 3. The highest BCUT2D eigenvalue weighted by molar-refractivity contribution is 6.06. The van der Waals surface area contributed by atoms with Crippen LogP contribution in [0.15, 0.2) is 70.8 Å². The molecule has 88 valence electrons. The van der Waals surface area contributed by atoms with Gasteiger partial charge in [0.1, 0.15) is 12.4 Å². The highest BCUT2D eigenvalue weighted by atomic mass is 15.3. The number of rotatable bonds is 2. The van der Waals surface area contributed by atoms with Crippen molar-refractivity contribution in [3.8, 4) is 0 Å². The molecule has 0 aromatic heterocycles. The molecule has 0 fully saturated rings. The summed E-state index contributed by atoms with van der Waals surface area (Å²) >= 11 is 0. The van der Waals surface area contributed by atoms with Crippen molar-refractivity contribution in [2.24, 2.45) is 10.1 Å². The zero-order chi connectivity index (χ0) is 12.2. The van der Waals surface area contributed by atoms with E-state index >= 15 is 0 Å². The molecule has 2 aromatic rings. The molecular formula is C15H13N3. The molecule has 0 radical (unpaired) electrons. The predicted molar refractivity (Wildman–Crippen MR) is 73.8 cm³/mol. The molecule has 1 atom stereocenters. The van der Waals surface area contributed by atoms with E-state index in [2.05, 4.69) is 39.8 Å². The lowest BCUT2D eigenvalue weighted by molar-refractivity contribution is 0.878. The number of hydrazone groups is 1. The van der Waals surface area contributed by atoms with Crippen LogP contribution in [0.1, 0.15) is 17.2 Å². The minimum absolute atomic E-state index is 0.0325. The van der Waals surface area contributed by atoms with Gasteiger partial charge in [-0.25, -0.2) is 0 Å². The molecule has 1 unspecified atom stereocenters. The van der Waals surface area contributed by atoms with Crippen LogP contribution in [0.2, 0.25) is 0 Å². The van der Waals surface area contributed by atoms with Gasteiger partial charge in [0, 0.05) is 5.56 Å². The monoisotopic (exact) mass is 235 g/mol. The summed E-state index contributed by atoms with van der Waals surface area (Å²) in [6, 6.07) is 20.3. The van der Waals surface area contributed by atoms with Crippen molar-refractivity contribution in [1.29, 1.82) is 0 Å². The van der Waals surface area contributed by atoms with Crippen LogP contribution in [-0.4, -0.2) is 12.1 Å². The molecule has 2 aromatic carbocycles. The number of nitrogens with one attached hydrogen (secondary N) is 1. The van der Waals surface area contributed by atoms with Gasteiger partial charge in [-0.3, -0.25) is 10.4 Å². The molecule has 18 heavy (non-hydrogen) atoms. The fourth-order valence-corrected chi connectivity index (χ4v) is 2.05. The topological polar surface area (TPSA) is 36.8 Å². The minimum Gasteiger partial charge on any atom is -0.268 e. The fourth-order valence-electron chi connectivity index (χ4n) is 2.05. The molecular weight excluding hydrogens is 222 g/mol. The van der Waals surface area contributed by atoms with Gasteiger partial charge in [0.25, 0.3) is 0 Å². The zero-order valence-corrected chi connectivity index (χ0v) is 9.82. The van der Waals surface area contributed by atoms with Gasteiger partial charge < -0.3 is 0 Å². The largest absolute Gasteiger partial charge is 0.268 e. The molecule has 3 heteroatoms. The van der Waals surface area contributed by atoms with Crippen LogP contribution in [0, 0.1) is 0 Å². The normalized spacial score (nSPS) is 18.0. The summed E-state index contributed by atoms with van der Waals surface area (Å²) in [5.74, 6) is 0. The van der Waals surface area contributed by atoms with Crippen LogP contribution in [0.3, 0.4) is 0 Å². The molecule has 1 N–H and O–H groups in total. The van der Waals surface area contributed by atoms with Gasteiger partial charge in [0.05, 0.1) is 5.71 Å². The van der Waals surface area contributed by atoms with E-state index < -0.39 is 0 Å². The van der Waals surface area contributed by atoms with Crippen LogP contribution >= 0.6 is 0 Å². The van der Waals surface area contributed by atoms with E-state index in [1.807, 2.05) is 36.4 Å². The second kappa shape index (κ2) is 4.84. The van der Waals surface area contributed by atoms with E-state index in [1.54, 1.807) is 6.34 Å². The Morgan fingerprint density at radius 1 is 0.833 bits per heavy atom. The Kier molecular flexibility index (Phi) is 2.88. The van der Waals surface area contributed by atoms with Gasteiger partial charge in [-0.2, -0.15) is 5.10 Å². The van der Waals surface area contributed by atoms with Crippen molar-refractivity contribution in [3.63, 3.8) is 0 Å². The predicted octanol–water partition coefficient (Wildman–Crippen LogP) is 2.76. The minimum atomic E-state index is -0.0325. The van der Waals surface area contributed by atoms with Crippen molar-refractivity contribution in [1.82, 2.24) is 5.43 Å². The third kappa shape index (κ3) is 2.02. The summed E-state index contributed by atoms with van der Waals surface area (Å²) in [5, 5.41) is 4.37. The van der Waals surface area contributed by atoms with Crippen LogP contribution < -0.4 is 5.43 Å². The molecule has 3 nitrogen and oxygen atoms in total. The maximum absolute atomic E-state index is 4.49. The summed E-state index contributed by atoms with van der Waals surface area (Å²) < 4.78 is 0. The number of hydrogen-bond donors (Lipinski definition) is 1. The van der Waals surface area contributed by atoms with E-state index in [0.717, 1.165) is 16.8 Å². The second-order valence-electron chi connectivity index (χ2n) is 4.08. The summed E-state index contributed by atoms with van der Waals surface area (Å²) in [5.41, 5.74) is 6.02. The smallest absolute Gasteiger partial charge is 0.121 e. The Labute approximate surface area is 106 Å². The molecule has 1 heterocycles. The first-order valence-corrected chi connectivity index (χ1v) is 5.90. The van der Waals surface area contributed by atoms with Crippen molar-refractivity contribution in [3.05, 3.63) is 71.8 Å². The van der Waals surface area contributed by atoms with Gasteiger partial charge in [0.15, 0.2) is 0 Å². The van der Waals surface area contributed by atoms with Crippen molar-refractivity contribution < 1.29 is 0 Å². The molecule has 1 aliphatic heterocycles. The molecule has 0 spiro atoms. The van der Waals surface area contributed by atoms with Gasteiger partial charge >= 0.3 is 0 Å². The number of benzene rings is 2. The third-order valence-corrected chi connectivity index (χ3v) is 2.91. The standard InChI is InChI=1S/C15H13N3/c1-3-7-12(8-4-1)14-15(18-17-11-16-14)13-9-5-2-6-10-13/h1-11,14H,(H,16,17). The van der Waals surface area contributed by atoms with Gasteiger partial charge in [0.2, 0.25) is 0 Å². The Bertz CT molecular complexity index is 573. The van der Waals surface area contributed by atoms with E-state index in [-0.39, 0.29) is 6.04 Å². The SMILES string of the molecule is C1=NC(c2ccccc2)C(c2ccccc2)=NN1. The lowest BCUT2D eigenvalue weighted by Gasteiger charge is -2.19. The maximum Gasteiger partial charge on any atom is 0.121 e. The molecule has 3 rings (SSSR count). The summed E-state index contributed by atoms with van der Waals surface area (Å²) in [7, 11) is 0. The summed E-state index contributed by atoms with van der Waals surface area (Å²) in [6.45, 7) is 0. The van der Waals surface area contributed by atoms with E-state index in [1.165, 1.54) is 0 Å². The highest BCUT2D eigenvalue weighted by Crippen LogP contribution is 2.23. The molecule has 1 aliphatic rings. The summed E-state index contributed by atoms with van der Waals surface area (Å²) in [4.78, 5) is 4.49. The van der Waals surface area contributed by atoms with Crippen molar-refractivity contribution in [2.45, 2.75) is 6.04 Å². The fraction of sp³-hybridized carbons (Fsp3) is 0.0667. The van der Waals surface area contributed by atoms with E-state index in [9.17, 15) is 0 Å². The highest BCUT2D eigenvalue weighted by Gasteiger charge is 2.20. The zero-order valence-electron chi connectivity index (χ0n) is 9.82. The van der Waals surface area contributed by atoms with Crippen LogP contribution in [-0.2, 0) is 0 Å². The average Bonchev–Trinajstić information content (AvgIpc) is 2.49. The van der Waals surface area contributed by atoms with Gasteiger partial charge in [-0.1, -0.05) is 60.7 Å². The first-order valence-electron chi connectivity index (χ1n) is 5.90. The van der Waals surface area contributed by atoms with Crippen LogP contribution in [0.5, 0.6) is 0 Å². The lowest BCUT2D eigenvalue weighted by atomic mass is 9.97. The van der Waals surface area contributed by atoms with Crippen molar-refractivity contribution in [2.75, 3.05) is 0 Å². The van der Waals surface area contributed by atoms with E-state index in [0.29, 0.717) is 0 Å². The van der Waals surface area contributed by atoms with Crippen LogP contribution in [0.25, 0.3) is 0 Å². The maximum atomic E-state index is 4.49. The Morgan fingerprint density at radius 2 is 1.50 bits per heavy atom. The second-order valence-corrected chi connectivity index (χ2v) is 4.08. The Balaban J connectivity index is 2.01. The lowest BCUT2D eigenvalue weighted by Crippen LogP contribution is -2.22. The molecule has 0 saturated carbocycles. The molecule has 0 saturated heterocycles. The van der Waals surface area contributed by atoms with Crippen LogP contribution in [0.4, 0.5) is 0 Å². The molecule has 0 bridgehead atoms. The Hall–Kier alpha value is -2.42. The molecule has 0 amide bonds. The summed E-state index contributed by atoms with van der Waals surface area (Å²) in [6.07, 6.45) is 1.64. The van der Waals surface area contributed by atoms with E-state index in [4.69, 9.17) is 0 Å². The van der Waals surface area contributed by atoms with Crippen molar-refractivity contribution >= 4 is 12.1 Å². The quantitative estimate of drug-likeness (QED) is 0.853. The third-order valence-electron chi connectivity index (χ3n) is 2.91. The number of nitrogens with zero attached hydrogens (tertiary/aromatic N) is 2. The number of aliphatic imine (C=N–C) groups is 1. The average molecular weight is 235 g/mol. The first-order chi connectivity index (χ1) is 8.95. The Morgan fingerprint density at radius 3 is 2.22 bits per heavy atom. The van der Waals surface area contributed by atoms with Gasteiger partial charge in [-0.05, 0) is 5.56 Å². The molecule has 0 aliphatic carbocycles. The first kappa shape index (κ1) is 10.7. The van der Waals surface area contributed by atoms with Gasteiger partial charge in [-0.15, -0.1) is 0 Å².